The fourth-order valence-electron chi connectivity index (χ4n) is 4.85. The number of benzene rings is 2. The highest BCUT2D eigenvalue weighted by atomic mass is 79.9. The Morgan fingerprint density at radius 1 is 1.31 bits per heavy atom. The predicted molar refractivity (Wildman–Crippen MR) is 123 cm³/mol. The molecule has 0 aliphatic carbocycles. The molecule has 1 amide bonds. The lowest BCUT2D eigenvalue weighted by Gasteiger charge is -2.25. The number of hydrogen-bond acceptors (Lipinski definition) is 6. The van der Waals surface area contributed by atoms with Crippen molar-refractivity contribution < 1.29 is 19.2 Å². The van der Waals surface area contributed by atoms with Crippen molar-refractivity contribution >= 4 is 27.5 Å². The average molecular weight is 500 g/mol. The molecule has 8 nitrogen and oxygen atoms in total. The molecular weight excluding hydrogens is 478 g/mol. The molecule has 4 atom stereocenters. The smallest absolute Gasteiger partial charge is 0.256 e. The fraction of sp³-hybridized carbons (Fsp3) is 0.348. The molecule has 1 fully saturated rings. The van der Waals surface area contributed by atoms with Gasteiger partial charge in [-0.3, -0.25) is 20.2 Å². The Balaban J connectivity index is 1.85. The van der Waals surface area contributed by atoms with Crippen LogP contribution in [0, 0.1) is 22.5 Å². The normalized spacial score (nSPS) is 25.8. The van der Waals surface area contributed by atoms with Gasteiger partial charge in [-0.05, 0) is 53.5 Å². The van der Waals surface area contributed by atoms with E-state index in [2.05, 4.69) is 32.5 Å². The predicted octanol–water partition coefficient (Wildman–Crippen LogP) is 3.43. The van der Waals surface area contributed by atoms with Gasteiger partial charge in [0.2, 0.25) is 0 Å². The van der Waals surface area contributed by atoms with Crippen LogP contribution >= 0.6 is 15.9 Å². The number of nitrogens with one attached hydrogen (secondary N) is 2. The Bertz CT molecular complexity index is 1130. The van der Waals surface area contributed by atoms with Crippen molar-refractivity contribution in [3.05, 3.63) is 62.1 Å². The third-order valence-electron chi connectivity index (χ3n) is 5.98. The molecule has 2 aliphatic rings. The second-order valence-corrected chi connectivity index (χ2v) is 8.61. The summed E-state index contributed by atoms with van der Waals surface area (Å²) in [6, 6.07) is 8.96. The Morgan fingerprint density at radius 2 is 2.06 bits per heavy atom. The molecule has 32 heavy (non-hydrogen) atoms. The van der Waals surface area contributed by atoms with Crippen molar-refractivity contribution in [2.75, 3.05) is 18.5 Å². The van der Waals surface area contributed by atoms with Gasteiger partial charge in [0.05, 0.1) is 17.0 Å². The van der Waals surface area contributed by atoms with Gasteiger partial charge in [-0.2, -0.15) is 0 Å². The number of anilines is 1. The van der Waals surface area contributed by atoms with Crippen LogP contribution in [-0.2, 0) is 10.3 Å². The summed E-state index contributed by atoms with van der Waals surface area (Å²) in [6.45, 7) is 4.11. The third-order valence-corrected chi connectivity index (χ3v) is 6.57. The van der Waals surface area contributed by atoms with Crippen molar-refractivity contribution in [1.29, 1.82) is 0 Å². The number of nitro groups is 1. The molecule has 2 heterocycles. The summed E-state index contributed by atoms with van der Waals surface area (Å²) in [5, 5.41) is 18.5. The van der Waals surface area contributed by atoms with E-state index in [-0.39, 0.29) is 17.6 Å². The number of rotatable bonds is 6. The van der Waals surface area contributed by atoms with Gasteiger partial charge in [0.1, 0.15) is 6.61 Å². The minimum absolute atomic E-state index is 0.0526. The van der Waals surface area contributed by atoms with Crippen LogP contribution in [0.3, 0.4) is 0 Å². The van der Waals surface area contributed by atoms with Gasteiger partial charge in [0, 0.05) is 22.2 Å². The van der Waals surface area contributed by atoms with E-state index in [0.29, 0.717) is 39.4 Å². The molecule has 0 saturated carbocycles. The van der Waals surface area contributed by atoms with Gasteiger partial charge in [0.15, 0.2) is 17.0 Å². The lowest BCUT2D eigenvalue weighted by Crippen LogP contribution is -2.54. The Kier molecular flexibility index (Phi) is 5.84. The number of fused-ring (bicyclic) bond motifs is 2. The summed E-state index contributed by atoms with van der Waals surface area (Å²) in [5.74, 6) is 2.24. The van der Waals surface area contributed by atoms with Gasteiger partial charge in [-0.25, -0.2) is 0 Å². The topological polar surface area (TPSA) is 103 Å². The first-order valence-corrected chi connectivity index (χ1v) is 11.0. The van der Waals surface area contributed by atoms with E-state index in [1.165, 1.54) is 0 Å². The molecule has 0 unspecified atom stereocenters. The lowest BCUT2D eigenvalue weighted by atomic mass is 9.78. The van der Waals surface area contributed by atoms with Crippen molar-refractivity contribution in [2.24, 2.45) is 0 Å². The molecular formula is C23H22BrN3O5. The molecule has 4 rings (SSSR count). The third kappa shape index (κ3) is 3.31. The van der Waals surface area contributed by atoms with Crippen LogP contribution in [0.2, 0.25) is 0 Å². The maximum absolute atomic E-state index is 13.2. The highest BCUT2D eigenvalue weighted by Crippen LogP contribution is 2.51. The number of para-hydroxylation sites is 1. The van der Waals surface area contributed by atoms with Crippen molar-refractivity contribution in [3.63, 3.8) is 0 Å². The van der Waals surface area contributed by atoms with E-state index in [1.54, 1.807) is 36.4 Å². The Hall–Kier alpha value is -3.09. The minimum atomic E-state index is -1.47. The van der Waals surface area contributed by atoms with Gasteiger partial charge in [0.25, 0.3) is 11.9 Å². The van der Waals surface area contributed by atoms with Gasteiger partial charge in [-0.1, -0.05) is 24.1 Å². The number of halogens is 1. The minimum Gasteiger partial charge on any atom is -0.490 e. The van der Waals surface area contributed by atoms with Crippen LogP contribution in [0.5, 0.6) is 11.5 Å². The molecule has 1 saturated heterocycles. The molecule has 9 heteroatoms. The summed E-state index contributed by atoms with van der Waals surface area (Å²) in [7, 11) is 0. The highest BCUT2D eigenvalue weighted by Gasteiger charge is 2.67. The second kappa shape index (κ2) is 8.45. The maximum Gasteiger partial charge on any atom is 0.256 e. The number of hydrogen-bond donors (Lipinski definition) is 2. The quantitative estimate of drug-likeness (QED) is 0.358. The summed E-state index contributed by atoms with van der Waals surface area (Å²) >= 11 is 3.49. The number of terminal acetylenes is 1. The van der Waals surface area contributed by atoms with Crippen LogP contribution < -0.4 is 20.1 Å². The summed E-state index contributed by atoms with van der Waals surface area (Å²) in [6.07, 6.45) is 5.32. The Labute approximate surface area is 193 Å². The fourth-order valence-corrected chi connectivity index (χ4v) is 5.42. The summed E-state index contributed by atoms with van der Waals surface area (Å²) < 4.78 is 11.9. The van der Waals surface area contributed by atoms with Crippen molar-refractivity contribution in [1.82, 2.24) is 5.32 Å². The molecule has 0 radical (unpaired) electrons. The average Bonchev–Trinajstić information content (AvgIpc) is 3.22. The number of amides is 1. The largest absolute Gasteiger partial charge is 0.490 e. The molecule has 0 bridgehead atoms. The zero-order valence-electron chi connectivity index (χ0n) is 17.6. The Morgan fingerprint density at radius 3 is 2.75 bits per heavy atom. The number of nitrogens with zero attached hydrogens (tertiary/aromatic N) is 1. The number of ether oxygens (including phenoxy) is 2. The van der Waals surface area contributed by atoms with Gasteiger partial charge < -0.3 is 14.8 Å². The highest BCUT2D eigenvalue weighted by molar-refractivity contribution is 9.10. The first kappa shape index (κ1) is 22.1. The molecule has 2 aliphatic heterocycles. The monoisotopic (exact) mass is 499 g/mol. The van der Waals surface area contributed by atoms with Gasteiger partial charge >= 0.3 is 0 Å². The standard InChI is InChI=1S/C23H22BrN3O5/c1-4-10-32-20-16(24)11-14(12-18(20)31-5-2)19-13(3)26-23(21(19)27(29)30)15-8-6-7-9-17(15)25-22(23)28/h1,6-9,11-13,19,21,26H,5,10H2,2-3H3,(H,25,28)/t13-,19-,21+,23+/m0/s1. The first-order chi connectivity index (χ1) is 15.3. The van der Waals surface area contributed by atoms with E-state index in [4.69, 9.17) is 15.9 Å². The molecule has 2 N–H and O–H groups in total. The molecule has 166 valence electrons. The van der Waals surface area contributed by atoms with Crippen LogP contribution in [0.4, 0.5) is 5.69 Å². The van der Waals surface area contributed by atoms with E-state index >= 15 is 0 Å². The van der Waals surface area contributed by atoms with Crippen LogP contribution in [0.15, 0.2) is 40.9 Å². The van der Waals surface area contributed by atoms with E-state index in [1.807, 2.05) is 13.8 Å². The number of carbonyl (C=O) groups excluding carboxylic acids is 1. The van der Waals surface area contributed by atoms with Crippen LogP contribution in [-0.4, -0.2) is 36.1 Å². The van der Waals surface area contributed by atoms with Gasteiger partial charge in [-0.15, -0.1) is 6.42 Å². The molecule has 1 spiro atoms. The molecule has 2 aromatic rings. The molecule has 2 aromatic carbocycles. The zero-order valence-corrected chi connectivity index (χ0v) is 19.1. The van der Waals surface area contributed by atoms with Crippen molar-refractivity contribution in [2.45, 2.75) is 37.4 Å². The SMILES string of the molecule is C#CCOc1c(Br)cc([C@@H]2[C@H](C)N[C@@]3(C(=O)Nc4ccccc43)[C@@H]2[N+](=O)[O-])cc1OCC. The van der Waals surface area contributed by atoms with E-state index < -0.39 is 23.4 Å². The van der Waals surface area contributed by atoms with Crippen LogP contribution in [0.25, 0.3) is 0 Å². The first-order valence-electron chi connectivity index (χ1n) is 10.2. The maximum atomic E-state index is 13.2. The zero-order chi connectivity index (χ0) is 23.0. The van der Waals surface area contributed by atoms with Crippen LogP contribution in [0.1, 0.15) is 30.9 Å². The van der Waals surface area contributed by atoms with Crippen molar-refractivity contribution in [3.8, 4) is 23.8 Å². The summed E-state index contributed by atoms with van der Waals surface area (Å²) in [5.41, 5.74) is 0.350. The molecule has 0 aromatic heterocycles. The number of carbonyl (C=O) groups is 1. The summed E-state index contributed by atoms with van der Waals surface area (Å²) in [4.78, 5) is 25.2. The lowest BCUT2D eigenvalue weighted by molar-refractivity contribution is -0.532. The second-order valence-electron chi connectivity index (χ2n) is 7.75. The van der Waals surface area contributed by atoms with E-state index in [0.717, 1.165) is 0 Å². The van der Waals surface area contributed by atoms with E-state index in [9.17, 15) is 14.9 Å².